The van der Waals surface area contributed by atoms with E-state index in [1.807, 2.05) is 66.7 Å². The predicted octanol–water partition coefficient (Wildman–Crippen LogP) is 6.31. The molecule has 0 aliphatic carbocycles. The van der Waals surface area contributed by atoms with Crippen molar-refractivity contribution in [3.8, 4) is 5.75 Å². The van der Waals surface area contributed by atoms with E-state index in [2.05, 4.69) is 58.2 Å². The number of nitrogens with zero attached hydrogens (tertiary/aromatic N) is 6. The molecule has 0 saturated carbocycles. The number of amides is 1. The first-order valence-electron chi connectivity index (χ1n) is 12.5. The van der Waals surface area contributed by atoms with Gasteiger partial charge in [0.15, 0.2) is 4.34 Å². The Balaban J connectivity index is 1.09. The Morgan fingerprint density at radius 3 is 2.77 bits per heavy atom. The molecule has 11 nitrogen and oxygen atoms in total. The lowest BCUT2D eigenvalue weighted by Crippen LogP contribution is -2.16. The topological polar surface area (TPSA) is 145 Å². The van der Waals surface area contributed by atoms with Crippen LogP contribution in [0.4, 0.5) is 11.1 Å². The largest absolute Gasteiger partial charge is 0.488 e. The molecule has 0 saturated heterocycles. The van der Waals surface area contributed by atoms with Gasteiger partial charge in [0.2, 0.25) is 16.2 Å². The Bertz CT molecular complexity index is 1730. The molecule has 2 heterocycles. The van der Waals surface area contributed by atoms with Crippen molar-refractivity contribution in [2.75, 3.05) is 22.3 Å². The third-order valence-electron chi connectivity index (χ3n) is 5.53. The lowest BCUT2D eigenvalue weighted by Gasteiger charge is -2.10. The fraction of sp³-hybridized carbons (Fsp3) is 0.111. The summed E-state index contributed by atoms with van der Waals surface area (Å²) in [6, 6.07) is 23.0. The number of halogens is 2. The molecule has 4 N–H and O–H groups in total. The molecule has 43 heavy (non-hydrogen) atoms. The molecule has 0 aliphatic rings. The van der Waals surface area contributed by atoms with Gasteiger partial charge in [-0.1, -0.05) is 105 Å². The van der Waals surface area contributed by atoms with Crippen LogP contribution in [0.25, 0.3) is 0 Å². The molecule has 16 heteroatoms. The number of hydrazone groups is 1. The van der Waals surface area contributed by atoms with Gasteiger partial charge >= 0.3 is 0 Å². The van der Waals surface area contributed by atoms with E-state index in [1.54, 1.807) is 18.0 Å². The number of para-hydroxylation sites is 1. The first-order valence-corrected chi connectivity index (χ1v) is 16.5. The number of hydrogen-bond donors (Lipinski definition) is 3. The molecule has 0 unspecified atom stereocenters. The number of benzene rings is 3. The van der Waals surface area contributed by atoms with E-state index in [4.69, 9.17) is 22.2 Å². The van der Waals surface area contributed by atoms with Crippen LogP contribution in [0.2, 0.25) is 5.02 Å². The zero-order valence-corrected chi connectivity index (χ0v) is 27.0. The van der Waals surface area contributed by atoms with Crippen LogP contribution in [-0.4, -0.2) is 42.9 Å². The van der Waals surface area contributed by atoms with Gasteiger partial charge in [-0.05, 0) is 35.9 Å². The van der Waals surface area contributed by atoms with E-state index < -0.39 is 0 Å². The third-order valence-corrected chi connectivity index (χ3v) is 9.38. The second-order valence-electron chi connectivity index (χ2n) is 8.59. The number of aromatic nitrogens is 5. The van der Waals surface area contributed by atoms with Gasteiger partial charge in [0, 0.05) is 26.4 Å². The molecular weight excluding hydrogens is 694 g/mol. The molecule has 0 aliphatic heterocycles. The lowest BCUT2D eigenvalue weighted by molar-refractivity contribution is -0.113. The molecule has 5 aromatic rings. The molecular formula is C27H23BrClN9O2S3. The van der Waals surface area contributed by atoms with Gasteiger partial charge < -0.3 is 10.6 Å². The molecule has 1 amide bonds. The van der Waals surface area contributed by atoms with Gasteiger partial charge in [-0.15, -0.1) is 20.4 Å². The zero-order chi connectivity index (χ0) is 30.0. The van der Waals surface area contributed by atoms with Crippen molar-refractivity contribution < 1.29 is 9.53 Å². The number of hydrogen-bond acceptors (Lipinski definition) is 12. The van der Waals surface area contributed by atoms with Crippen LogP contribution in [0.15, 0.2) is 91.9 Å². The molecule has 0 fully saturated rings. The molecule has 0 spiro atoms. The first-order chi connectivity index (χ1) is 20.9. The van der Waals surface area contributed by atoms with Crippen LogP contribution >= 0.6 is 62.4 Å². The van der Waals surface area contributed by atoms with Crippen LogP contribution in [0.3, 0.4) is 0 Å². The fourth-order valence-corrected chi connectivity index (χ4v) is 6.48. The normalized spacial score (nSPS) is 11.1. The maximum atomic E-state index is 12.5. The van der Waals surface area contributed by atoms with Crippen LogP contribution in [0.5, 0.6) is 5.75 Å². The summed E-state index contributed by atoms with van der Waals surface area (Å²) in [5, 5.41) is 24.6. The number of nitrogens with two attached hydrogens (primary N) is 1. The van der Waals surface area contributed by atoms with Crippen molar-refractivity contribution in [1.29, 1.82) is 0 Å². The van der Waals surface area contributed by atoms with Gasteiger partial charge in [0.1, 0.15) is 12.4 Å². The van der Waals surface area contributed by atoms with E-state index in [0.717, 1.165) is 43.0 Å². The summed E-state index contributed by atoms with van der Waals surface area (Å²) in [5.41, 5.74) is 5.55. The van der Waals surface area contributed by atoms with Crippen LogP contribution in [-0.2, 0) is 17.2 Å². The third kappa shape index (κ3) is 8.93. The molecule has 3 aromatic carbocycles. The first kappa shape index (κ1) is 30.8. The fourth-order valence-electron chi connectivity index (χ4n) is 3.48. The summed E-state index contributed by atoms with van der Waals surface area (Å²) in [6.07, 6.45) is 1.59. The van der Waals surface area contributed by atoms with Crippen LogP contribution in [0, 0.1) is 0 Å². The predicted molar refractivity (Wildman–Crippen MR) is 177 cm³/mol. The second-order valence-corrected chi connectivity index (χ2v) is 13.1. The highest BCUT2D eigenvalue weighted by atomic mass is 79.9. The molecule has 0 bridgehead atoms. The second kappa shape index (κ2) is 15.2. The summed E-state index contributed by atoms with van der Waals surface area (Å²) in [7, 11) is 0. The molecule has 2 aromatic heterocycles. The summed E-state index contributed by atoms with van der Waals surface area (Å²) in [6.45, 7) is 0.314. The molecule has 5 rings (SSSR count). The number of thioether (sulfide) groups is 2. The summed E-state index contributed by atoms with van der Waals surface area (Å²) in [5.74, 6) is 7.47. The number of rotatable bonds is 13. The highest BCUT2D eigenvalue weighted by Crippen LogP contribution is 2.29. The quantitative estimate of drug-likeness (QED) is 0.0417. The van der Waals surface area contributed by atoms with E-state index >= 15 is 0 Å². The number of anilines is 2. The van der Waals surface area contributed by atoms with Crippen molar-refractivity contribution in [3.05, 3.63) is 99.0 Å². The number of ether oxygens (including phenoxy) is 1. The maximum Gasteiger partial charge on any atom is 0.264 e. The Hall–Kier alpha value is -3.63. The number of carbonyl (C=O) groups excluding carboxylic acids is 1. The van der Waals surface area contributed by atoms with Crippen molar-refractivity contribution in [1.82, 2.24) is 25.1 Å². The number of nitrogens with one attached hydrogen (secondary N) is 2. The summed E-state index contributed by atoms with van der Waals surface area (Å²) >= 11 is 13.7. The number of carbonyl (C=O) groups is 1. The number of nitrogen functional groups attached to an aromatic ring is 1. The van der Waals surface area contributed by atoms with Gasteiger partial charge in [-0.25, -0.2) is 10.1 Å². The van der Waals surface area contributed by atoms with Crippen molar-refractivity contribution in [3.63, 3.8) is 0 Å². The van der Waals surface area contributed by atoms with Crippen molar-refractivity contribution >= 4 is 85.6 Å². The highest BCUT2D eigenvalue weighted by molar-refractivity contribution is 9.10. The van der Waals surface area contributed by atoms with Crippen LogP contribution in [0.1, 0.15) is 16.7 Å². The van der Waals surface area contributed by atoms with Gasteiger partial charge in [-0.3, -0.25) is 10.1 Å². The van der Waals surface area contributed by atoms with Gasteiger partial charge in [0.25, 0.3) is 5.95 Å². The smallest absolute Gasteiger partial charge is 0.264 e. The minimum absolute atomic E-state index is 0.0504. The van der Waals surface area contributed by atoms with Crippen molar-refractivity contribution in [2.45, 2.75) is 21.9 Å². The molecule has 220 valence electrons. The average Bonchev–Trinajstić information content (AvgIpc) is 3.60. The zero-order valence-electron chi connectivity index (χ0n) is 22.2. The van der Waals surface area contributed by atoms with Crippen LogP contribution < -0.4 is 21.3 Å². The van der Waals surface area contributed by atoms with E-state index in [-0.39, 0.29) is 17.6 Å². The highest BCUT2D eigenvalue weighted by Gasteiger charge is 2.14. The molecule has 0 radical (unpaired) electrons. The minimum atomic E-state index is -0.270. The van der Waals surface area contributed by atoms with Gasteiger partial charge in [-0.2, -0.15) is 5.10 Å². The van der Waals surface area contributed by atoms with Gasteiger partial charge in [0.05, 0.1) is 12.0 Å². The Labute approximate surface area is 272 Å². The Morgan fingerprint density at radius 2 is 1.91 bits per heavy atom. The minimum Gasteiger partial charge on any atom is -0.488 e. The SMILES string of the molecule is Nn1c(N/N=C/c2ccccc2OCc2ccccc2Cl)nnc1SCC(=O)Nc1nnc(SCc2cccc(Br)c2)s1. The Kier molecular flexibility index (Phi) is 10.9. The van der Waals surface area contributed by atoms with E-state index in [1.165, 1.54) is 16.0 Å². The van der Waals surface area contributed by atoms with E-state index in [9.17, 15) is 4.79 Å². The molecule has 0 atom stereocenters. The monoisotopic (exact) mass is 715 g/mol. The summed E-state index contributed by atoms with van der Waals surface area (Å²) in [4.78, 5) is 12.5. The Morgan fingerprint density at radius 1 is 1.07 bits per heavy atom. The summed E-state index contributed by atoms with van der Waals surface area (Å²) < 4.78 is 8.96. The lowest BCUT2D eigenvalue weighted by atomic mass is 10.2. The van der Waals surface area contributed by atoms with Crippen molar-refractivity contribution in [2.24, 2.45) is 5.10 Å². The maximum absolute atomic E-state index is 12.5. The standard InChI is InChI=1S/C27H23BrClN9O2S3/c28-20-9-5-6-17(12-20)15-42-27-37-35-25(43-27)32-23(39)16-41-26-36-34-24(38(26)30)33-31-13-18-7-2-4-11-22(18)40-14-19-8-1-3-10-21(19)29/h1-13H,14-16,30H2,(H,33,34)(H,32,35,39)/b31-13+. The average molecular weight is 717 g/mol. The van der Waals surface area contributed by atoms with E-state index in [0.29, 0.717) is 27.7 Å².